The molecule has 0 radical (unpaired) electrons. The average Bonchev–Trinajstić information content (AvgIpc) is 3.37. The quantitative estimate of drug-likeness (QED) is 0.389. The van der Waals surface area contributed by atoms with Crippen LogP contribution in [0.5, 0.6) is 5.88 Å². The zero-order chi connectivity index (χ0) is 27.3. The normalized spacial score (nSPS) is 25.7. The van der Waals surface area contributed by atoms with Gasteiger partial charge in [0.2, 0.25) is 11.5 Å². The van der Waals surface area contributed by atoms with Crippen molar-refractivity contribution in [2.45, 2.75) is 63.3 Å². The largest absolute Gasteiger partial charge is 0.474 e. The molecule has 1 fully saturated rings. The van der Waals surface area contributed by atoms with Gasteiger partial charge >= 0.3 is 12.4 Å². The molecule has 1 aliphatic heterocycles. The third-order valence-corrected chi connectivity index (χ3v) is 6.97. The van der Waals surface area contributed by atoms with Crippen molar-refractivity contribution >= 4 is 5.69 Å². The Balaban J connectivity index is 1.62. The van der Waals surface area contributed by atoms with E-state index in [1.54, 1.807) is 37.3 Å². The number of ether oxygens (including phenoxy) is 2. The van der Waals surface area contributed by atoms with E-state index < -0.39 is 65.1 Å². The lowest BCUT2D eigenvalue weighted by atomic mass is 9.93. The van der Waals surface area contributed by atoms with Gasteiger partial charge in [-0.3, -0.25) is 0 Å². The van der Waals surface area contributed by atoms with Gasteiger partial charge in [-0.15, -0.1) is 10.2 Å². The van der Waals surface area contributed by atoms with E-state index in [9.17, 15) is 26.3 Å². The van der Waals surface area contributed by atoms with Gasteiger partial charge in [0.1, 0.15) is 5.56 Å². The van der Waals surface area contributed by atoms with Crippen LogP contribution in [-0.4, -0.2) is 27.5 Å². The summed E-state index contributed by atoms with van der Waals surface area (Å²) < 4.78 is 102. The second kappa shape index (κ2) is 9.44. The van der Waals surface area contributed by atoms with Crippen molar-refractivity contribution in [3.63, 3.8) is 0 Å². The minimum atomic E-state index is -4.95. The molecule has 13 heteroatoms. The number of rotatable bonds is 3. The first-order valence-corrected chi connectivity index (χ1v) is 12.0. The van der Waals surface area contributed by atoms with Crippen LogP contribution in [0, 0.1) is 11.8 Å². The highest BCUT2D eigenvalue weighted by atomic mass is 19.4. The molecule has 3 heterocycles. The van der Waals surface area contributed by atoms with Crippen molar-refractivity contribution in [2.75, 3.05) is 5.73 Å². The fourth-order valence-corrected chi connectivity index (χ4v) is 4.83. The highest BCUT2D eigenvalue weighted by Crippen LogP contribution is 2.52. The first-order chi connectivity index (χ1) is 17.9. The topological polar surface area (TPSA) is 96.3 Å². The van der Waals surface area contributed by atoms with Crippen molar-refractivity contribution in [3.05, 3.63) is 53.4 Å². The molecule has 4 bridgehead atoms. The summed E-state index contributed by atoms with van der Waals surface area (Å²) in [6.45, 7) is 1.20. The van der Waals surface area contributed by atoms with E-state index in [4.69, 9.17) is 19.6 Å². The molecular weight excluding hydrogens is 518 g/mol. The Kier molecular flexibility index (Phi) is 6.52. The number of nitrogen functional groups attached to an aromatic ring is 1. The third-order valence-electron chi connectivity index (χ3n) is 6.97. The number of benzene rings is 1. The summed E-state index contributed by atoms with van der Waals surface area (Å²) in [5.41, 5.74) is 1.24. The van der Waals surface area contributed by atoms with Crippen LogP contribution in [0.2, 0.25) is 0 Å². The number of halogens is 6. The van der Waals surface area contributed by atoms with Crippen molar-refractivity contribution in [2.24, 2.45) is 11.8 Å². The molecule has 38 heavy (non-hydrogen) atoms. The van der Waals surface area contributed by atoms with Gasteiger partial charge in [0, 0.05) is 0 Å². The van der Waals surface area contributed by atoms with Crippen LogP contribution >= 0.6 is 0 Å². The van der Waals surface area contributed by atoms with Crippen molar-refractivity contribution in [1.82, 2.24) is 15.2 Å². The predicted molar refractivity (Wildman–Crippen MR) is 121 cm³/mol. The lowest BCUT2D eigenvalue weighted by Gasteiger charge is -2.33. The zero-order valence-corrected chi connectivity index (χ0v) is 20.1. The van der Waals surface area contributed by atoms with Gasteiger partial charge in [0.25, 0.3) is 11.8 Å². The van der Waals surface area contributed by atoms with E-state index in [1.165, 1.54) is 0 Å². The summed E-state index contributed by atoms with van der Waals surface area (Å²) in [5, 5.41) is 7.31. The molecule has 1 aliphatic carbocycles. The molecule has 204 valence electrons. The second-order valence-electron chi connectivity index (χ2n) is 9.75. The van der Waals surface area contributed by atoms with E-state index >= 15 is 0 Å². The first-order valence-electron chi connectivity index (χ1n) is 12.0. The number of fused-ring (bicyclic) bond motifs is 6. The van der Waals surface area contributed by atoms with Crippen molar-refractivity contribution in [3.8, 4) is 17.5 Å². The van der Waals surface area contributed by atoms with Crippen LogP contribution < -0.4 is 10.5 Å². The van der Waals surface area contributed by atoms with Crippen LogP contribution in [0.25, 0.3) is 11.6 Å². The van der Waals surface area contributed by atoms with Gasteiger partial charge in [-0.25, -0.2) is 4.98 Å². The minimum Gasteiger partial charge on any atom is -0.474 e. The van der Waals surface area contributed by atoms with Crippen LogP contribution in [0.15, 0.2) is 40.8 Å². The molecule has 3 aromatic rings. The third kappa shape index (κ3) is 5.03. The zero-order valence-electron chi connectivity index (χ0n) is 20.1. The number of hydrogen-bond donors (Lipinski definition) is 1. The van der Waals surface area contributed by atoms with E-state index in [0.29, 0.717) is 24.5 Å². The Labute approximate surface area is 213 Å². The number of pyridine rings is 1. The highest BCUT2D eigenvalue weighted by molar-refractivity contribution is 5.68. The van der Waals surface area contributed by atoms with Crippen LogP contribution in [0.4, 0.5) is 32.0 Å². The van der Waals surface area contributed by atoms with Crippen molar-refractivity contribution in [1.29, 1.82) is 0 Å². The maximum atomic E-state index is 14.8. The lowest BCUT2D eigenvalue weighted by Crippen LogP contribution is -2.45. The fraction of sp³-hybridized carbons (Fsp3) is 0.480. The maximum Gasteiger partial charge on any atom is 0.426 e. The average molecular weight is 542 g/mol. The standard InChI is InChI=1S/C25H24F6N4O3/c1-13-9-16-10-15(16)7-8-23(25(29,30)31,36-12-14-5-3-2-4-6-14)22-35-34-21(38-22)19-18(32)11-17(24(26,27)28)20(33-19)37-13/h2-6,11,13,15-16H,7-10,12,32H2,1H3/t13-,15?,16?,23-/m1/s1. The lowest BCUT2D eigenvalue weighted by molar-refractivity contribution is -0.300. The molecule has 2 aromatic heterocycles. The molecule has 7 nitrogen and oxygen atoms in total. The number of hydrogen-bond acceptors (Lipinski definition) is 7. The van der Waals surface area contributed by atoms with Gasteiger partial charge in [-0.05, 0) is 56.1 Å². The summed E-state index contributed by atoms with van der Waals surface area (Å²) in [6.07, 6.45) is -9.86. The van der Waals surface area contributed by atoms with E-state index in [-0.39, 0.29) is 24.9 Å². The van der Waals surface area contributed by atoms with Gasteiger partial charge in [-0.1, -0.05) is 30.3 Å². The molecular formula is C25H24F6N4O3. The summed E-state index contributed by atoms with van der Waals surface area (Å²) in [5.74, 6) is -2.32. The Morgan fingerprint density at radius 1 is 1.05 bits per heavy atom. The number of alkyl halides is 6. The van der Waals surface area contributed by atoms with E-state index in [2.05, 4.69) is 15.2 Å². The van der Waals surface area contributed by atoms with E-state index in [0.717, 1.165) is 0 Å². The number of anilines is 1. The van der Waals surface area contributed by atoms with Crippen LogP contribution in [0.3, 0.4) is 0 Å². The summed E-state index contributed by atoms with van der Waals surface area (Å²) >= 11 is 0. The smallest absolute Gasteiger partial charge is 0.426 e. The number of nitrogens with zero attached hydrogens (tertiary/aromatic N) is 3. The Morgan fingerprint density at radius 3 is 2.47 bits per heavy atom. The van der Waals surface area contributed by atoms with Crippen LogP contribution in [-0.2, 0) is 23.1 Å². The second-order valence-corrected chi connectivity index (χ2v) is 9.75. The van der Waals surface area contributed by atoms with E-state index in [1.807, 2.05) is 0 Å². The van der Waals surface area contributed by atoms with Gasteiger partial charge in [0.05, 0.1) is 18.4 Å². The summed E-state index contributed by atoms with van der Waals surface area (Å²) in [4.78, 5) is 3.88. The molecule has 2 unspecified atom stereocenters. The number of aromatic nitrogens is 3. The number of nitrogens with two attached hydrogens (primary N) is 1. The molecule has 1 saturated carbocycles. The minimum absolute atomic E-state index is 0.0196. The monoisotopic (exact) mass is 542 g/mol. The van der Waals surface area contributed by atoms with Gasteiger partial charge < -0.3 is 19.6 Å². The molecule has 0 saturated heterocycles. The van der Waals surface area contributed by atoms with Gasteiger partial charge in [-0.2, -0.15) is 26.3 Å². The molecule has 0 spiro atoms. The Bertz CT molecular complexity index is 1300. The maximum absolute atomic E-state index is 14.8. The highest BCUT2D eigenvalue weighted by Gasteiger charge is 2.62. The molecule has 4 atom stereocenters. The summed E-state index contributed by atoms with van der Waals surface area (Å²) in [7, 11) is 0. The Hall–Kier alpha value is -3.35. The van der Waals surface area contributed by atoms with Crippen LogP contribution in [0.1, 0.15) is 49.6 Å². The molecule has 2 N–H and O–H groups in total. The predicted octanol–water partition coefficient (Wildman–Crippen LogP) is 6.29. The van der Waals surface area contributed by atoms with Gasteiger partial charge in [0.15, 0.2) is 5.69 Å². The fourth-order valence-electron chi connectivity index (χ4n) is 4.83. The van der Waals surface area contributed by atoms with Crippen molar-refractivity contribution < 1.29 is 40.2 Å². The molecule has 1 aromatic carbocycles. The Morgan fingerprint density at radius 2 is 1.79 bits per heavy atom. The SMILES string of the molecule is C[C@@H]1CC2CC2CC[C@](OCc2ccccc2)(C(F)(F)F)c2nnc(o2)-c2nc(c(C(F)(F)F)cc2N)O1. The molecule has 5 rings (SSSR count). The molecule has 0 amide bonds. The summed E-state index contributed by atoms with van der Waals surface area (Å²) in [6, 6.07) is 8.92. The first kappa shape index (κ1) is 26.3. The molecule has 2 aliphatic rings.